The molecule has 3 fully saturated rings. The van der Waals surface area contributed by atoms with Crippen LogP contribution in [0.2, 0.25) is 0 Å². The second-order valence-corrected chi connectivity index (χ2v) is 11.0. The summed E-state index contributed by atoms with van der Waals surface area (Å²) in [5.41, 5.74) is 3.88. The monoisotopic (exact) mass is 400 g/mol. The third kappa shape index (κ3) is 5.07. The quantitative estimate of drug-likeness (QED) is 0.528. The van der Waals surface area contributed by atoms with Gasteiger partial charge in [0.15, 0.2) is 0 Å². The van der Waals surface area contributed by atoms with Crippen LogP contribution in [0.4, 0.5) is 0 Å². The van der Waals surface area contributed by atoms with Crippen LogP contribution in [0.15, 0.2) is 35.5 Å². The Bertz CT molecular complexity index is 643. The molecule has 0 amide bonds. The van der Waals surface area contributed by atoms with Gasteiger partial charge in [0.2, 0.25) is 0 Å². The van der Waals surface area contributed by atoms with Gasteiger partial charge in [-0.15, -0.1) is 0 Å². The van der Waals surface area contributed by atoms with E-state index in [1.54, 1.807) is 5.57 Å². The molecule has 2 heteroatoms. The first-order valence-corrected chi connectivity index (χ1v) is 12.2. The average Bonchev–Trinajstić information content (AvgIpc) is 3.00. The Morgan fingerprint density at radius 1 is 1.14 bits per heavy atom. The van der Waals surface area contributed by atoms with Gasteiger partial charge in [0.1, 0.15) is 0 Å². The fraction of sp³-hybridized carbons (Fsp3) is 0.778. The fourth-order valence-corrected chi connectivity index (χ4v) is 6.73. The predicted octanol–water partition coefficient (Wildman–Crippen LogP) is 6.59. The van der Waals surface area contributed by atoms with Gasteiger partial charge >= 0.3 is 0 Å². The van der Waals surface area contributed by atoms with Gasteiger partial charge in [-0.1, -0.05) is 71.3 Å². The molecular weight excluding hydrogens is 356 g/mol. The van der Waals surface area contributed by atoms with Crippen LogP contribution in [0.3, 0.4) is 0 Å². The Hall–Kier alpha value is -0.860. The number of hydrogen-bond donors (Lipinski definition) is 2. The summed E-state index contributed by atoms with van der Waals surface area (Å²) in [6.45, 7) is 13.8. The maximum Gasteiger partial charge on any atom is 0.0811 e. The molecule has 3 saturated carbocycles. The molecule has 0 heterocycles. The molecule has 164 valence electrons. The van der Waals surface area contributed by atoms with Crippen LogP contribution < -0.4 is 0 Å². The van der Waals surface area contributed by atoms with Gasteiger partial charge in [-0.05, 0) is 78.8 Å². The second kappa shape index (κ2) is 9.52. The molecule has 2 nitrogen and oxygen atoms in total. The number of aliphatic hydroxyl groups is 2. The Labute approximate surface area is 179 Å². The summed E-state index contributed by atoms with van der Waals surface area (Å²) in [6, 6.07) is 0. The molecule has 0 radical (unpaired) electrons. The van der Waals surface area contributed by atoms with Crippen molar-refractivity contribution in [3.63, 3.8) is 0 Å². The molecule has 0 aromatic carbocycles. The van der Waals surface area contributed by atoms with E-state index in [0.29, 0.717) is 24.2 Å². The maximum absolute atomic E-state index is 10.1. The molecule has 0 bridgehead atoms. The summed E-state index contributed by atoms with van der Waals surface area (Å²) in [6.07, 6.45) is 15.2. The van der Waals surface area contributed by atoms with Gasteiger partial charge in [0.05, 0.1) is 12.2 Å². The van der Waals surface area contributed by atoms with Gasteiger partial charge in [-0.25, -0.2) is 0 Å². The average molecular weight is 401 g/mol. The van der Waals surface area contributed by atoms with Crippen molar-refractivity contribution in [2.75, 3.05) is 0 Å². The van der Waals surface area contributed by atoms with Crippen molar-refractivity contribution in [1.82, 2.24) is 0 Å². The number of aliphatic hydroxyl groups excluding tert-OH is 2. The maximum atomic E-state index is 10.1. The van der Waals surface area contributed by atoms with Crippen LogP contribution in [-0.4, -0.2) is 22.4 Å². The van der Waals surface area contributed by atoms with Crippen LogP contribution >= 0.6 is 0 Å². The summed E-state index contributed by atoms with van der Waals surface area (Å²) in [7, 11) is 0. The number of allylic oxidation sites excluding steroid dienone is 3. The third-order valence-corrected chi connectivity index (χ3v) is 8.43. The van der Waals surface area contributed by atoms with Crippen LogP contribution in [0.1, 0.15) is 91.9 Å². The second-order valence-electron chi connectivity index (χ2n) is 11.0. The van der Waals surface area contributed by atoms with Crippen molar-refractivity contribution >= 4 is 0 Å². The minimum Gasteiger partial charge on any atom is -0.393 e. The molecule has 0 aliphatic heterocycles. The Morgan fingerprint density at radius 2 is 1.90 bits per heavy atom. The lowest BCUT2D eigenvalue weighted by atomic mass is 9.60. The standard InChI is InChI=1S/C27H44O2/c1-18(2)8-6-9-19(3)24-13-14-25-21(10-7-15-27(24,25)5)11-12-22-16-23(28)17-26(29)20(22)4/h11-12,18-19,23-26,28-29H,4,6-10,13-17H2,1-3,5H3/t19-,23-,24-,25+,26+,27-/m1/s1. The molecule has 3 aliphatic rings. The Kier molecular flexibility index (Phi) is 7.49. The van der Waals surface area contributed by atoms with Crippen LogP contribution in [0.5, 0.6) is 0 Å². The first kappa shape index (κ1) is 22.8. The minimum absolute atomic E-state index is 0.420. The fourth-order valence-electron chi connectivity index (χ4n) is 6.73. The normalized spacial score (nSPS) is 39.3. The summed E-state index contributed by atoms with van der Waals surface area (Å²) < 4.78 is 0. The van der Waals surface area contributed by atoms with Gasteiger partial charge in [-0.3, -0.25) is 0 Å². The molecule has 29 heavy (non-hydrogen) atoms. The lowest BCUT2D eigenvalue weighted by Crippen LogP contribution is -2.36. The van der Waals surface area contributed by atoms with Gasteiger partial charge in [0.25, 0.3) is 0 Å². The zero-order chi connectivity index (χ0) is 21.2. The van der Waals surface area contributed by atoms with E-state index >= 15 is 0 Å². The highest BCUT2D eigenvalue weighted by molar-refractivity contribution is 5.38. The molecule has 2 N–H and O–H groups in total. The first-order chi connectivity index (χ1) is 13.7. The summed E-state index contributed by atoms with van der Waals surface area (Å²) in [5.74, 6) is 3.20. The predicted molar refractivity (Wildman–Crippen MR) is 123 cm³/mol. The number of rotatable bonds is 6. The zero-order valence-electron chi connectivity index (χ0n) is 19.3. The largest absolute Gasteiger partial charge is 0.393 e. The summed E-state index contributed by atoms with van der Waals surface area (Å²) in [5, 5.41) is 20.2. The Balaban J connectivity index is 1.71. The van der Waals surface area contributed by atoms with E-state index in [2.05, 4.69) is 46.4 Å². The molecule has 3 aliphatic carbocycles. The molecule has 0 aromatic rings. The van der Waals surface area contributed by atoms with Crippen molar-refractivity contribution < 1.29 is 10.2 Å². The van der Waals surface area contributed by atoms with Gasteiger partial charge < -0.3 is 10.2 Å². The van der Waals surface area contributed by atoms with E-state index in [1.807, 2.05) is 0 Å². The molecule has 6 atom stereocenters. The minimum atomic E-state index is -0.595. The summed E-state index contributed by atoms with van der Waals surface area (Å²) >= 11 is 0. The SMILES string of the molecule is C=C1C(=CC=C2CCC[C@]3(C)[C@@H]([C@H](C)CCCC(C)C)CC[C@@H]23)C[C@@H](O)C[C@@H]1O. The number of hydrogen-bond acceptors (Lipinski definition) is 2. The summed E-state index contributed by atoms with van der Waals surface area (Å²) in [4.78, 5) is 0. The molecule has 0 saturated heterocycles. The topological polar surface area (TPSA) is 40.5 Å². The smallest absolute Gasteiger partial charge is 0.0811 e. The van der Waals surface area contributed by atoms with E-state index in [-0.39, 0.29) is 0 Å². The molecule has 3 rings (SSSR count). The van der Waals surface area contributed by atoms with Crippen LogP contribution in [0, 0.1) is 29.1 Å². The Morgan fingerprint density at radius 3 is 2.62 bits per heavy atom. The van der Waals surface area contributed by atoms with Gasteiger partial charge in [0, 0.05) is 6.42 Å². The highest BCUT2D eigenvalue weighted by Crippen LogP contribution is 2.59. The molecule has 0 unspecified atom stereocenters. The van der Waals surface area contributed by atoms with Crippen molar-refractivity contribution in [2.45, 2.75) is 104 Å². The highest BCUT2D eigenvalue weighted by atomic mass is 16.3. The highest BCUT2D eigenvalue weighted by Gasteiger charge is 2.50. The molecule has 0 aromatic heterocycles. The van der Waals surface area contributed by atoms with Crippen LogP contribution in [0.25, 0.3) is 0 Å². The lowest BCUT2D eigenvalue weighted by molar-refractivity contribution is 0.0861. The zero-order valence-corrected chi connectivity index (χ0v) is 19.3. The van der Waals surface area contributed by atoms with E-state index in [9.17, 15) is 10.2 Å². The van der Waals surface area contributed by atoms with Crippen molar-refractivity contribution in [3.8, 4) is 0 Å². The van der Waals surface area contributed by atoms with E-state index < -0.39 is 12.2 Å². The van der Waals surface area contributed by atoms with Crippen LogP contribution in [-0.2, 0) is 0 Å². The van der Waals surface area contributed by atoms with Crippen molar-refractivity contribution in [2.24, 2.45) is 29.1 Å². The van der Waals surface area contributed by atoms with Crippen molar-refractivity contribution in [1.29, 1.82) is 0 Å². The van der Waals surface area contributed by atoms with E-state index in [1.165, 1.54) is 51.4 Å². The van der Waals surface area contributed by atoms with E-state index in [4.69, 9.17) is 0 Å². The molecule has 0 spiro atoms. The van der Waals surface area contributed by atoms with Crippen molar-refractivity contribution in [3.05, 3.63) is 35.5 Å². The van der Waals surface area contributed by atoms with Gasteiger partial charge in [-0.2, -0.15) is 0 Å². The van der Waals surface area contributed by atoms with E-state index in [0.717, 1.165) is 28.9 Å². The molecular formula is C27H44O2. The first-order valence-electron chi connectivity index (χ1n) is 12.2. The number of fused-ring (bicyclic) bond motifs is 1. The third-order valence-electron chi connectivity index (χ3n) is 8.43. The lowest BCUT2D eigenvalue weighted by Gasteiger charge is -2.44.